The zero-order chi connectivity index (χ0) is 14.7. The third kappa shape index (κ3) is 3.50. The van der Waals surface area contributed by atoms with Crippen molar-refractivity contribution in [2.45, 2.75) is 31.7 Å². The summed E-state index contributed by atoms with van der Waals surface area (Å²) < 4.78 is 0. The van der Waals surface area contributed by atoms with E-state index in [-0.39, 0.29) is 11.9 Å². The lowest BCUT2D eigenvalue weighted by Crippen LogP contribution is -2.43. The zero-order valence-electron chi connectivity index (χ0n) is 12.6. The Hall–Kier alpha value is -1.69. The lowest BCUT2D eigenvalue weighted by molar-refractivity contribution is 0.0911. The summed E-state index contributed by atoms with van der Waals surface area (Å²) in [5, 5.41) is 11.3. The Balaban J connectivity index is 1.57. The Morgan fingerprint density at radius 3 is 2.48 bits per heavy atom. The van der Waals surface area contributed by atoms with Gasteiger partial charge in [0, 0.05) is 19.1 Å². The summed E-state index contributed by atoms with van der Waals surface area (Å²) in [5.74, 6) is 0.772. The first-order chi connectivity index (χ1) is 10.2. The number of anilines is 1. The van der Waals surface area contributed by atoms with Gasteiger partial charge >= 0.3 is 0 Å². The van der Waals surface area contributed by atoms with Gasteiger partial charge in [0.25, 0.3) is 5.91 Å². The zero-order valence-corrected chi connectivity index (χ0v) is 12.6. The van der Waals surface area contributed by atoms with Crippen molar-refractivity contribution in [2.75, 3.05) is 38.1 Å². The molecule has 0 unspecified atom stereocenters. The summed E-state index contributed by atoms with van der Waals surface area (Å²) in [6.07, 6.45) is 4.42. The molecule has 3 heterocycles. The summed E-state index contributed by atoms with van der Waals surface area (Å²) in [5.41, 5.74) is 0.414. The minimum Gasteiger partial charge on any atom is -0.355 e. The molecular formula is C15H23N5O. The maximum Gasteiger partial charge on any atom is 0.272 e. The van der Waals surface area contributed by atoms with Crippen LogP contribution in [-0.2, 0) is 0 Å². The van der Waals surface area contributed by atoms with Crippen molar-refractivity contribution in [1.29, 1.82) is 0 Å². The number of nitrogens with zero attached hydrogens (tertiary/aromatic N) is 4. The van der Waals surface area contributed by atoms with Crippen molar-refractivity contribution in [1.82, 2.24) is 20.4 Å². The Morgan fingerprint density at radius 1 is 1.14 bits per heavy atom. The summed E-state index contributed by atoms with van der Waals surface area (Å²) >= 11 is 0. The average Bonchev–Trinajstić information content (AvgIpc) is 3.04. The van der Waals surface area contributed by atoms with E-state index in [1.807, 2.05) is 6.07 Å². The maximum atomic E-state index is 12.2. The molecule has 2 aliphatic rings. The SMILES string of the molecule is CN1CCC(NC(=O)c2ccc(N3CCCC3)nn2)CC1. The number of aromatic nitrogens is 2. The van der Waals surface area contributed by atoms with Crippen LogP contribution in [0, 0.1) is 0 Å². The first-order valence-electron chi connectivity index (χ1n) is 7.80. The lowest BCUT2D eigenvalue weighted by atomic mass is 10.1. The van der Waals surface area contributed by atoms with E-state index in [2.05, 4.69) is 32.4 Å². The van der Waals surface area contributed by atoms with Gasteiger partial charge in [0.15, 0.2) is 11.5 Å². The Morgan fingerprint density at radius 2 is 1.86 bits per heavy atom. The van der Waals surface area contributed by atoms with Crippen molar-refractivity contribution in [2.24, 2.45) is 0 Å². The summed E-state index contributed by atoms with van der Waals surface area (Å²) in [6, 6.07) is 3.95. The van der Waals surface area contributed by atoms with E-state index >= 15 is 0 Å². The molecule has 0 atom stereocenters. The van der Waals surface area contributed by atoms with Crippen molar-refractivity contribution < 1.29 is 4.79 Å². The number of carbonyl (C=O) groups is 1. The van der Waals surface area contributed by atoms with Crippen molar-refractivity contribution in [3.05, 3.63) is 17.8 Å². The average molecular weight is 289 g/mol. The molecular weight excluding hydrogens is 266 g/mol. The molecule has 0 spiro atoms. The highest BCUT2D eigenvalue weighted by molar-refractivity contribution is 5.92. The summed E-state index contributed by atoms with van der Waals surface area (Å²) in [4.78, 5) is 16.7. The lowest BCUT2D eigenvalue weighted by Gasteiger charge is -2.29. The van der Waals surface area contributed by atoms with Crippen LogP contribution >= 0.6 is 0 Å². The highest BCUT2D eigenvalue weighted by atomic mass is 16.2. The molecule has 1 amide bonds. The van der Waals surface area contributed by atoms with Gasteiger partial charge in [-0.15, -0.1) is 10.2 Å². The van der Waals surface area contributed by atoms with Crippen molar-refractivity contribution in [3.63, 3.8) is 0 Å². The van der Waals surface area contributed by atoms with Crippen LogP contribution in [0.3, 0.4) is 0 Å². The molecule has 0 aliphatic carbocycles. The van der Waals surface area contributed by atoms with Crippen LogP contribution in [0.4, 0.5) is 5.82 Å². The van der Waals surface area contributed by atoms with E-state index in [4.69, 9.17) is 0 Å². The molecule has 1 aromatic heterocycles. The Bertz CT molecular complexity index is 475. The second-order valence-electron chi connectivity index (χ2n) is 6.02. The predicted octanol–water partition coefficient (Wildman–Crippen LogP) is 0.901. The molecule has 114 valence electrons. The topological polar surface area (TPSA) is 61.4 Å². The number of likely N-dealkylation sites (tertiary alicyclic amines) is 1. The first-order valence-corrected chi connectivity index (χ1v) is 7.80. The number of piperidine rings is 1. The van der Waals surface area contributed by atoms with E-state index in [0.717, 1.165) is 44.8 Å². The molecule has 2 fully saturated rings. The molecule has 0 aromatic carbocycles. The van der Waals surface area contributed by atoms with Crippen LogP contribution in [0.15, 0.2) is 12.1 Å². The van der Waals surface area contributed by atoms with Crippen LogP contribution in [0.25, 0.3) is 0 Å². The largest absolute Gasteiger partial charge is 0.355 e. The van der Waals surface area contributed by atoms with Crippen LogP contribution in [-0.4, -0.2) is 60.3 Å². The number of nitrogens with one attached hydrogen (secondary N) is 1. The third-order valence-electron chi connectivity index (χ3n) is 4.37. The fraction of sp³-hybridized carbons (Fsp3) is 0.667. The molecule has 6 nitrogen and oxygen atoms in total. The minimum atomic E-state index is -0.106. The predicted molar refractivity (Wildman–Crippen MR) is 81.5 cm³/mol. The second kappa shape index (κ2) is 6.39. The molecule has 1 aromatic rings. The standard InChI is InChI=1S/C15H23N5O/c1-19-10-6-12(7-11-19)16-15(21)13-4-5-14(18-17-13)20-8-2-3-9-20/h4-5,12H,2-3,6-11H2,1H3,(H,16,21). The van der Waals surface area contributed by atoms with E-state index in [0.29, 0.717) is 5.69 Å². The maximum absolute atomic E-state index is 12.2. The van der Waals surface area contributed by atoms with E-state index in [1.54, 1.807) is 6.07 Å². The Labute approximate surface area is 125 Å². The van der Waals surface area contributed by atoms with E-state index < -0.39 is 0 Å². The van der Waals surface area contributed by atoms with Crippen LogP contribution in [0.1, 0.15) is 36.2 Å². The Kier molecular flexibility index (Phi) is 4.34. The van der Waals surface area contributed by atoms with Gasteiger partial charge < -0.3 is 15.1 Å². The number of hydrogen-bond donors (Lipinski definition) is 1. The number of amides is 1. The first kappa shape index (κ1) is 14.3. The normalized spacial score (nSPS) is 20.7. The second-order valence-corrected chi connectivity index (χ2v) is 6.02. The smallest absolute Gasteiger partial charge is 0.272 e. The fourth-order valence-corrected chi connectivity index (χ4v) is 2.97. The number of rotatable bonds is 3. The minimum absolute atomic E-state index is 0.106. The van der Waals surface area contributed by atoms with Crippen LogP contribution in [0.5, 0.6) is 0 Å². The molecule has 0 radical (unpaired) electrons. The third-order valence-corrected chi connectivity index (χ3v) is 4.37. The molecule has 1 N–H and O–H groups in total. The van der Waals surface area contributed by atoms with Gasteiger partial charge in [0.05, 0.1) is 0 Å². The van der Waals surface area contributed by atoms with Gasteiger partial charge in [-0.25, -0.2) is 0 Å². The molecule has 6 heteroatoms. The molecule has 2 aliphatic heterocycles. The number of carbonyl (C=O) groups excluding carboxylic acids is 1. The molecule has 21 heavy (non-hydrogen) atoms. The van der Waals surface area contributed by atoms with Crippen molar-refractivity contribution >= 4 is 11.7 Å². The molecule has 0 saturated carbocycles. The van der Waals surface area contributed by atoms with Gasteiger partial charge in [-0.05, 0) is 58.0 Å². The van der Waals surface area contributed by atoms with E-state index in [9.17, 15) is 4.79 Å². The summed E-state index contributed by atoms with van der Waals surface area (Å²) in [6.45, 7) is 4.14. The van der Waals surface area contributed by atoms with Crippen LogP contribution < -0.4 is 10.2 Å². The van der Waals surface area contributed by atoms with Gasteiger partial charge in [0.1, 0.15) is 0 Å². The fourth-order valence-electron chi connectivity index (χ4n) is 2.97. The molecule has 2 saturated heterocycles. The molecule has 3 rings (SSSR count). The monoisotopic (exact) mass is 289 g/mol. The van der Waals surface area contributed by atoms with Gasteiger partial charge in [0.2, 0.25) is 0 Å². The van der Waals surface area contributed by atoms with Gasteiger partial charge in [-0.2, -0.15) is 0 Å². The van der Waals surface area contributed by atoms with E-state index in [1.165, 1.54) is 12.8 Å². The van der Waals surface area contributed by atoms with Gasteiger partial charge in [-0.3, -0.25) is 4.79 Å². The molecule has 0 bridgehead atoms. The highest BCUT2D eigenvalue weighted by Crippen LogP contribution is 2.16. The van der Waals surface area contributed by atoms with Crippen LogP contribution in [0.2, 0.25) is 0 Å². The van der Waals surface area contributed by atoms with Gasteiger partial charge in [-0.1, -0.05) is 0 Å². The number of hydrogen-bond acceptors (Lipinski definition) is 5. The summed E-state index contributed by atoms with van der Waals surface area (Å²) in [7, 11) is 2.11. The quantitative estimate of drug-likeness (QED) is 0.896. The highest BCUT2D eigenvalue weighted by Gasteiger charge is 2.20. The van der Waals surface area contributed by atoms with Crippen molar-refractivity contribution in [3.8, 4) is 0 Å².